The number of rotatable bonds is 3. The van der Waals surface area contributed by atoms with Crippen molar-refractivity contribution in [2.45, 2.75) is 0 Å². The quantitative estimate of drug-likeness (QED) is 0.680. The maximum Gasteiger partial charge on any atom is 0.201 e. The Hall–Kier alpha value is -1.82. The summed E-state index contributed by atoms with van der Waals surface area (Å²) >= 11 is 3.07. The number of ether oxygens (including phenoxy) is 2. The summed E-state index contributed by atoms with van der Waals surface area (Å²) < 4.78 is 37.5. The van der Waals surface area contributed by atoms with Gasteiger partial charge in [-0.2, -0.15) is 4.39 Å². The van der Waals surface area contributed by atoms with Gasteiger partial charge in [-0.15, -0.1) is 0 Å². The Labute approximate surface area is 117 Å². The van der Waals surface area contributed by atoms with E-state index < -0.39 is 11.6 Å². The first-order valence-electron chi connectivity index (χ1n) is 5.26. The minimum absolute atomic E-state index is 0.237. The van der Waals surface area contributed by atoms with Gasteiger partial charge < -0.3 is 15.2 Å². The van der Waals surface area contributed by atoms with Gasteiger partial charge in [0.05, 0.1) is 7.11 Å². The van der Waals surface area contributed by atoms with Crippen LogP contribution in [0.5, 0.6) is 17.2 Å². The number of hydrogen-bond acceptors (Lipinski definition) is 3. The molecule has 0 heterocycles. The Bertz CT molecular complexity index is 620. The van der Waals surface area contributed by atoms with Gasteiger partial charge >= 0.3 is 0 Å². The van der Waals surface area contributed by atoms with E-state index in [0.717, 1.165) is 6.07 Å². The third kappa shape index (κ3) is 3.14. The Morgan fingerprint density at radius 1 is 1.05 bits per heavy atom. The van der Waals surface area contributed by atoms with Crippen LogP contribution in [0.25, 0.3) is 0 Å². The summed E-state index contributed by atoms with van der Waals surface area (Å²) in [4.78, 5) is 0. The summed E-state index contributed by atoms with van der Waals surface area (Å²) in [6, 6.07) is 6.94. The van der Waals surface area contributed by atoms with E-state index in [2.05, 4.69) is 15.9 Å². The zero-order valence-corrected chi connectivity index (χ0v) is 11.5. The molecule has 0 radical (unpaired) electrons. The molecular weight excluding hydrogens is 320 g/mol. The third-order valence-corrected chi connectivity index (χ3v) is 2.78. The highest BCUT2D eigenvalue weighted by atomic mass is 79.9. The fourth-order valence-electron chi connectivity index (χ4n) is 1.50. The van der Waals surface area contributed by atoms with Crippen molar-refractivity contribution in [3.63, 3.8) is 0 Å². The van der Waals surface area contributed by atoms with Gasteiger partial charge in [-0.25, -0.2) is 4.39 Å². The van der Waals surface area contributed by atoms with Crippen molar-refractivity contribution in [3.8, 4) is 17.2 Å². The van der Waals surface area contributed by atoms with Crippen LogP contribution in [0.15, 0.2) is 34.8 Å². The topological polar surface area (TPSA) is 44.5 Å². The molecule has 0 bridgehead atoms. The van der Waals surface area contributed by atoms with Crippen LogP contribution < -0.4 is 15.2 Å². The van der Waals surface area contributed by atoms with Crippen molar-refractivity contribution in [1.29, 1.82) is 0 Å². The minimum atomic E-state index is -1.07. The van der Waals surface area contributed by atoms with E-state index in [-0.39, 0.29) is 11.5 Å². The molecule has 0 aliphatic heterocycles. The molecule has 0 spiro atoms. The van der Waals surface area contributed by atoms with E-state index in [4.69, 9.17) is 15.2 Å². The van der Waals surface area contributed by atoms with Gasteiger partial charge in [0.25, 0.3) is 0 Å². The second-order valence-corrected chi connectivity index (χ2v) is 4.66. The SMILES string of the molecule is COc1cc(N)cc(Oc2cc(Br)cc(F)c2F)c1. The normalized spacial score (nSPS) is 10.3. The molecule has 2 aromatic rings. The van der Waals surface area contributed by atoms with Crippen molar-refractivity contribution < 1.29 is 18.3 Å². The van der Waals surface area contributed by atoms with Crippen LogP contribution in [0.2, 0.25) is 0 Å². The third-order valence-electron chi connectivity index (χ3n) is 2.33. The standard InChI is InChI=1S/C13H10BrF2NO2/c1-18-9-4-8(17)5-10(6-9)19-12-3-7(14)2-11(15)13(12)16/h2-6H,17H2,1H3. The number of nitrogens with two attached hydrogens (primary N) is 1. The summed E-state index contributed by atoms with van der Waals surface area (Å²) in [5, 5.41) is 0. The van der Waals surface area contributed by atoms with Gasteiger partial charge in [-0.3, -0.25) is 0 Å². The first-order chi connectivity index (χ1) is 8.99. The van der Waals surface area contributed by atoms with Gasteiger partial charge in [-0.1, -0.05) is 15.9 Å². The predicted molar refractivity (Wildman–Crippen MR) is 71.5 cm³/mol. The maximum atomic E-state index is 13.6. The zero-order chi connectivity index (χ0) is 14.0. The van der Waals surface area contributed by atoms with E-state index in [1.54, 1.807) is 6.07 Å². The lowest BCUT2D eigenvalue weighted by molar-refractivity contribution is 0.399. The largest absolute Gasteiger partial charge is 0.497 e. The molecule has 100 valence electrons. The summed E-state index contributed by atoms with van der Waals surface area (Å²) in [6.45, 7) is 0. The van der Waals surface area contributed by atoms with Crippen LogP contribution in [0, 0.1) is 11.6 Å². The number of nitrogen functional groups attached to an aromatic ring is 1. The lowest BCUT2D eigenvalue weighted by Gasteiger charge is -2.10. The van der Waals surface area contributed by atoms with Crippen molar-refractivity contribution in [2.24, 2.45) is 0 Å². The van der Waals surface area contributed by atoms with Crippen LogP contribution in [0.3, 0.4) is 0 Å². The molecule has 0 aliphatic rings. The Balaban J connectivity index is 2.38. The molecule has 6 heteroatoms. The first-order valence-corrected chi connectivity index (χ1v) is 6.06. The summed E-state index contributed by atoms with van der Waals surface area (Å²) in [6.07, 6.45) is 0. The van der Waals surface area contributed by atoms with Crippen LogP contribution in [-0.4, -0.2) is 7.11 Å². The van der Waals surface area contributed by atoms with Crippen molar-refractivity contribution >= 4 is 21.6 Å². The molecule has 0 amide bonds. The number of anilines is 1. The zero-order valence-electron chi connectivity index (χ0n) is 9.91. The summed E-state index contributed by atoms with van der Waals surface area (Å²) in [7, 11) is 1.47. The van der Waals surface area contributed by atoms with Crippen molar-refractivity contribution in [2.75, 3.05) is 12.8 Å². The highest BCUT2D eigenvalue weighted by Crippen LogP contribution is 2.32. The second-order valence-electron chi connectivity index (χ2n) is 3.74. The predicted octanol–water partition coefficient (Wildman–Crippen LogP) is 4.11. The molecule has 0 aliphatic carbocycles. The van der Waals surface area contributed by atoms with E-state index in [9.17, 15) is 8.78 Å². The van der Waals surface area contributed by atoms with Crippen molar-refractivity contribution in [3.05, 3.63) is 46.4 Å². The van der Waals surface area contributed by atoms with E-state index in [1.165, 1.54) is 25.3 Å². The van der Waals surface area contributed by atoms with Gasteiger partial charge in [0.1, 0.15) is 11.5 Å². The molecule has 0 saturated heterocycles. The molecule has 19 heavy (non-hydrogen) atoms. The molecule has 2 aromatic carbocycles. The molecule has 0 fully saturated rings. The molecule has 3 nitrogen and oxygen atoms in total. The average molecular weight is 330 g/mol. The number of hydrogen-bond donors (Lipinski definition) is 1. The lowest BCUT2D eigenvalue weighted by Crippen LogP contribution is -1.94. The van der Waals surface area contributed by atoms with E-state index in [1.807, 2.05) is 0 Å². The monoisotopic (exact) mass is 329 g/mol. The highest BCUT2D eigenvalue weighted by Gasteiger charge is 2.13. The fraction of sp³-hybridized carbons (Fsp3) is 0.0769. The molecule has 0 saturated carbocycles. The Morgan fingerprint density at radius 3 is 2.42 bits per heavy atom. The smallest absolute Gasteiger partial charge is 0.201 e. The Morgan fingerprint density at radius 2 is 1.74 bits per heavy atom. The van der Waals surface area contributed by atoms with Gasteiger partial charge in [0.15, 0.2) is 11.6 Å². The lowest BCUT2D eigenvalue weighted by atomic mass is 10.2. The summed E-state index contributed by atoms with van der Waals surface area (Å²) in [5.41, 5.74) is 6.04. The van der Waals surface area contributed by atoms with E-state index >= 15 is 0 Å². The van der Waals surface area contributed by atoms with Gasteiger partial charge in [-0.05, 0) is 12.1 Å². The second kappa shape index (κ2) is 5.44. The van der Waals surface area contributed by atoms with Crippen LogP contribution in [0.4, 0.5) is 14.5 Å². The molecule has 0 aromatic heterocycles. The highest BCUT2D eigenvalue weighted by molar-refractivity contribution is 9.10. The number of methoxy groups -OCH3 is 1. The van der Waals surface area contributed by atoms with Crippen molar-refractivity contribution in [1.82, 2.24) is 0 Å². The minimum Gasteiger partial charge on any atom is -0.497 e. The first kappa shape index (κ1) is 13.6. The maximum absolute atomic E-state index is 13.6. The molecule has 2 N–H and O–H groups in total. The van der Waals surface area contributed by atoms with Crippen LogP contribution in [0.1, 0.15) is 0 Å². The summed E-state index contributed by atoms with van der Waals surface area (Å²) in [5.74, 6) is -1.58. The van der Waals surface area contributed by atoms with Gasteiger partial charge in [0, 0.05) is 28.4 Å². The molecule has 0 unspecified atom stereocenters. The van der Waals surface area contributed by atoms with E-state index in [0.29, 0.717) is 15.9 Å². The number of benzene rings is 2. The molecule has 0 atom stereocenters. The molecular formula is C13H10BrF2NO2. The fourth-order valence-corrected chi connectivity index (χ4v) is 1.91. The van der Waals surface area contributed by atoms with Crippen LogP contribution >= 0.6 is 15.9 Å². The van der Waals surface area contributed by atoms with Crippen LogP contribution in [-0.2, 0) is 0 Å². The average Bonchev–Trinajstić information content (AvgIpc) is 2.34. The molecule has 2 rings (SSSR count). The van der Waals surface area contributed by atoms with Gasteiger partial charge in [0.2, 0.25) is 5.82 Å². The Kier molecular flexibility index (Phi) is 3.90. The number of halogens is 3.